The number of nitrogens with zero attached hydrogens (tertiary/aromatic N) is 1. The van der Waals surface area contributed by atoms with Crippen LogP contribution in [0.25, 0.3) is 0 Å². The lowest BCUT2D eigenvalue weighted by atomic mass is 9.97. The van der Waals surface area contributed by atoms with Gasteiger partial charge >= 0.3 is 5.97 Å². The zero-order valence-electron chi connectivity index (χ0n) is 11.2. The van der Waals surface area contributed by atoms with Crippen LogP contribution in [0.3, 0.4) is 0 Å². The molecular weight excluding hydrogens is 262 g/mol. The van der Waals surface area contributed by atoms with Crippen LogP contribution >= 0.6 is 0 Å². The van der Waals surface area contributed by atoms with Crippen LogP contribution in [0.1, 0.15) is 23.2 Å². The number of likely N-dealkylation sites (tertiary alicyclic amines) is 1. The van der Waals surface area contributed by atoms with Crippen LogP contribution < -0.4 is 0 Å². The molecule has 0 bridgehead atoms. The van der Waals surface area contributed by atoms with Gasteiger partial charge < -0.3 is 19.8 Å². The number of hydrogen-bond donors (Lipinski definition) is 2. The van der Waals surface area contributed by atoms with Gasteiger partial charge in [-0.15, -0.1) is 0 Å². The summed E-state index contributed by atoms with van der Waals surface area (Å²) in [4.78, 5) is 25.4. The highest BCUT2D eigenvalue weighted by Gasteiger charge is 2.30. The van der Waals surface area contributed by atoms with E-state index < -0.39 is 0 Å². The van der Waals surface area contributed by atoms with E-state index in [0.717, 1.165) is 6.07 Å². The molecule has 1 aromatic rings. The molecule has 2 N–H and O–H groups in total. The van der Waals surface area contributed by atoms with E-state index >= 15 is 0 Å². The van der Waals surface area contributed by atoms with Crippen LogP contribution in [-0.4, -0.2) is 47.2 Å². The van der Waals surface area contributed by atoms with Crippen LogP contribution in [0, 0.1) is 5.92 Å². The van der Waals surface area contributed by atoms with E-state index in [1.165, 1.54) is 24.1 Å². The van der Waals surface area contributed by atoms with E-state index in [-0.39, 0.29) is 41.4 Å². The average Bonchev–Trinajstić information content (AvgIpc) is 2.46. The van der Waals surface area contributed by atoms with Gasteiger partial charge in [0.05, 0.1) is 18.6 Å². The molecule has 1 atom stereocenters. The zero-order chi connectivity index (χ0) is 14.7. The number of rotatable bonds is 2. The molecule has 0 saturated carbocycles. The van der Waals surface area contributed by atoms with E-state index in [2.05, 4.69) is 0 Å². The van der Waals surface area contributed by atoms with Crippen molar-refractivity contribution in [2.75, 3.05) is 20.2 Å². The molecular formula is C14H17NO5. The summed E-state index contributed by atoms with van der Waals surface area (Å²) in [5.41, 5.74) is 0.119. The Morgan fingerprint density at radius 1 is 1.35 bits per heavy atom. The van der Waals surface area contributed by atoms with Crippen LogP contribution in [0.15, 0.2) is 18.2 Å². The van der Waals surface area contributed by atoms with Gasteiger partial charge in [-0.05, 0) is 25.0 Å². The van der Waals surface area contributed by atoms with Gasteiger partial charge in [0.1, 0.15) is 11.5 Å². The van der Waals surface area contributed by atoms with E-state index in [0.29, 0.717) is 19.4 Å². The van der Waals surface area contributed by atoms with Crippen LogP contribution in [0.2, 0.25) is 0 Å². The van der Waals surface area contributed by atoms with Gasteiger partial charge in [-0.25, -0.2) is 0 Å². The molecule has 1 aromatic carbocycles. The molecule has 6 nitrogen and oxygen atoms in total. The third-order valence-corrected chi connectivity index (χ3v) is 3.45. The Bertz CT molecular complexity index is 528. The highest BCUT2D eigenvalue weighted by atomic mass is 16.5. The smallest absolute Gasteiger partial charge is 0.310 e. The Labute approximate surface area is 116 Å². The van der Waals surface area contributed by atoms with Gasteiger partial charge in [0, 0.05) is 19.2 Å². The second kappa shape index (κ2) is 5.81. The number of phenolic OH excluding ortho intramolecular Hbond substituents is 2. The fourth-order valence-electron chi connectivity index (χ4n) is 2.39. The largest absolute Gasteiger partial charge is 0.508 e. The summed E-state index contributed by atoms with van der Waals surface area (Å²) in [6.45, 7) is 0.818. The zero-order valence-corrected chi connectivity index (χ0v) is 11.2. The van der Waals surface area contributed by atoms with Crippen molar-refractivity contribution in [3.05, 3.63) is 23.8 Å². The topological polar surface area (TPSA) is 87.1 Å². The average molecular weight is 279 g/mol. The Hall–Kier alpha value is -2.24. The van der Waals surface area contributed by atoms with Gasteiger partial charge in [0.15, 0.2) is 0 Å². The number of aromatic hydroxyl groups is 2. The molecule has 2 rings (SSSR count). The number of carbonyl (C=O) groups is 2. The standard InChI is InChI=1S/C14H17NO5/c1-20-14(19)9-3-2-6-15(8-9)13(18)11-5-4-10(16)7-12(11)17/h4-5,7,9,16-17H,2-3,6,8H2,1H3. The first-order chi connectivity index (χ1) is 9.52. The van der Waals surface area contributed by atoms with Crippen molar-refractivity contribution in [1.29, 1.82) is 0 Å². The quantitative estimate of drug-likeness (QED) is 0.792. The molecule has 1 aliphatic heterocycles. The van der Waals surface area contributed by atoms with Gasteiger partial charge in [-0.3, -0.25) is 9.59 Å². The Morgan fingerprint density at radius 2 is 2.10 bits per heavy atom. The summed E-state index contributed by atoms with van der Waals surface area (Å²) >= 11 is 0. The SMILES string of the molecule is COC(=O)C1CCCN(C(=O)c2ccc(O)cc2O)C1. The minimum Gasteiger partial charge on any atom is -0.508 e. The van der Waals surface area contributed by atoms with Gasteiger partial charge in [0.2, 0.25) is 0 Å². The normalized spacial score (nSPS) is 18.6. The lowest BCUT2D eigenvalue weighted by Crippen LogP contribution is -2.42. The fraction of sp³-hybridized carbons (Fsp3) is 0.429. The van der Waals surface area contributed by atoms with E-state index in [4.69, 9.17) is 4.74 Å². The Kier molecular flexibility index (Phi) is 4.12. The molecule has 1 saturated heterocycles. The maximum absolute atomic E-state index is 12.3. The number of phenols is 2. The number of carbonyl (C=O) groups excluding carboxylic acids is 2. The summed E-state index contributed by atoms with van der Waals surface area (Å²) in [6.07, 6.45) is 1.41. The van der Waals surface area contributed by atoms with E-state index in [1.54, 1.807) is 0 Å². The van der Waals surface area contributed by atoms with E-state index in [9.17, 15) is 19.8 Å². The maximum atomic E-state index is 12.3. The number of hydrogen-bond acceptors (Lipinski definition) is 5. The van der Waals surface area contributed by atoms with Gasteiger partial charge in [0.25, 0.3) is 5.91 Å². The number of benzene rings is 1. The first-order valence-corrected chi connectivity index (χ1v) is 6.42. The molecule has 6 heteroatoms. The Morgan fingerprint density at radius 3 is 2.75 bits per heavy atom. The highest BCUT2D eigenvalue weighted by molar-refractivity contribution is 5.97. The third kappa shape index (κ3) is 2.84. The summed E-state index contributed by atoms with van der Waals surface area (Å²) in [5.74, 6) is -1.37. The molecule has 1 aliphatic rings. The van der Waals surface area contributed by atoms with Crippen molar-refractivity contribution in [3.8, 4) is 11.5 Å². The first kappa shape index (κ1) is 14.2. The second-order valence-corrected chi connectivity index (χ2v) is 4.81. The molecule has 0 aromatic heterocycles. The van der Waals surface area contributed by atoms with Crippen molar-refractivity contribution in [1.82, 2.24) is 4.90 Å². The lowest BCUT2D eigenvalue weighted by molar-refractivity contribution is -0.146. The maximum Gasteiger partial charge on any atom is 0.310 e. The lowest BCUT2D eigenvalue weighted by Gasteiger charge is -2.31. The summed E-state index contributed by atoms with van der Waals surface area (Å²) < 4.78 is 4.70. The summed E-state index contributed by atoms with van der Waals surface area (Å²) in [7, 11) is 1.33. The number of esters is 1. The third-order valence-electron chi connectivity index (χ3n) is 3.45. The molecule has 1 fully saturated rings. The molecule has 1 amide bonds. The van der Waals surface area contributed by atoms with Crippen molar-refractivity contribution >= 4 is 11.9 Å². The molecule has 108 valence electrons. The Balaban J connectivity index is 2.14. The molecule has 0 radical (unpaired) electrons. The van der Waals surface area contributed by atoms with E-state index in [1.807, 2.05) is 0 Å². The number of ether oxygens (including phenoxy) is 1. The van der Waals surface area contributed by atoms with Crippen molar-refractivity contribution < 1.29 is 24.5 Å². The number of piperidine rings is 1. The number of methoxy groups -OCH3 is 1. The second-order valence-electron chi connectivity index (χ2n) is 4.81. The van der Waals surface area contributed by atoms with Crippen molar-refractivity contribution in [3.63, 3.8) is 0 Å². The fourth-order valence-corrected chi connectivity index (χ4v) is 2.39. The van der Waals surface area contributed by atoms with Crippen LogP contribution in [-0.2, 0) is 9.53 Å². The number of amides is 1. The van der Waals surface area contributed by atoms with Gasteiger partial charge in [-0.1, -0.05) is 0 Å². The highest BCUT2D eigenvalue weighted by Crippen LogP contribution is 2.26. The monoisotopic (exact) mass is 279 g/mol. The molecule has 1 heterocycles. The van der Waals surface area contributed by atoms with Crippen LogP contribution in [0.4, 0.5) is 0 Å². The first-order valence-electron chi connectivity index (χ1n) is 6.42. The molecule has 0 spiro atoms. The minimum atomic E-state index is -0.351. The molecule has 0 aliphatic carbocycles. The minimum absolute atomic E-state index is 0.106. The summed E-state index contributed by atoms with van der Waals surface area (Å²) in [5, 5.41) is 18.9. The predicted molar refractivity (Wildman–Crippen MR) is 70.4 cm³/mol. The molecule has 1 unspecified atom stereocenters. The summed E-state index contributed by atoms with van der Waals surface area (Å²) in [6, 6.07) is 3.83. The van der Waals surface area contributed by atoms with Crippen molar-refractivity contribution in [2.24, 2.45) is 5.92 Å². The molecule has 20 heavy (non-hydrogen) atoms. The predicted octanol–water partition coefficient (Wildman–Crippen LogP) is 1.12. The van der Waals surface area contributed by atoms with Crippen molar-refractivity contribution in [2.45, 2.75) is 12.8 Å². The van der Waals surface area contributed by atoms with Crippen LogP contribution in [0.5, 0.6) is 11.5 Å². The van der Waals surface area contributed by atoms with Gasteiger partial charge in [-0.2, -0.15) is 0 Å².